The molecule has 0 unspecified atom stereocenters. The maximum atomic E-state index is 13.1. The lowest BCUT2D eigenvalue weighted by Gasteiger charge is -2.26. The van der Waals surface area contributed by atoms with Crippen LogP contribution in [0.1, 0.15) is 28.6 Å². The van der Waals surface area contributed by atoms with Crippen LogP contribution in [0.4, 0.5) is 0 Å². The van der Waals surface area contributed by atoms with Crippen molar-refractivity contribution in [3.63, 3.8) is 0 Å². The van der Waals surface area contributed by atoms with Crippen LogP contribution in [-0.2, 0) is 9.59 Å². The average Bonchev–Trinajstić information content (AvgIpc) is 3.21. The Bertz CT molecular complexity index is 1200. The van der Waals surface area contributed by atoms with Crippen LogP contribution >= 0.6 is 0 Å². The monoisotopic (exact) mass is 419 g/mol. The van der Waals surface area contributed by atoms with Gasteiger partial charge in [0.25, 0.3) is 11.7 Å². The number of aliphatic hydroxyl groups is 1. The molecule has 1 aliphatic rings. The van der Waals surface area contributed by atoms with Gasteiger partial charge in [0.15, 0.2) is 5.76 Å². The normalized spacial score (nSPS) is 18.5. The molecule has 0 spiro atoms. The summed E-state index contributed by atoms with van der Waals surface area (Å²) in [4.78, 5) is 38.2. The van der Waals surface area contributed by atoms with E-state index >= 15 is 0 Å². The van der Waals surface area contributed by atoms with Gasteiger partial charge < -0.3 is 14.9 Å². The van der Waals surface area contributed by atoms with Gasteiger partial charge in [-0.05, 0) is 57.3 Å². The van der Waals surface area contributed by atoms with Crippen LogP contribution in [0.2, 0.25) is 0 Å². The largest absolute Gasteiger partial charge is 0.505 e. The van der Waals surface area contributed by atoms with Crippen LogP contribution in [0, 0.1) is 13.8 Å². The van der Waals surface area contributed by atoms with E-state index in [0.717, 1.165) is 11.1 Å². The minimum atomic E-state index is -0.697. The molecule has 0 radical (unpaired) electrons. The summed E-state index contributed by atoms with van der Waals surface area (Å²) < 4.78 is 1.76. The lowest BCUT2D eigenvalue weighted by molar-refractivity contribution is -0.140. The number of carbonyl (C=O) groups excluding carboxylic acids is 2. The number of hydrogen-bond acceptors (Lipinski definition) is 6. The molecule has 8 nitrogen and oxygen atoms in total. The van der Waals surface area contributed by atoms with Crippen molar-refractivity contribution in [3.8, 4) is 0 Å². The quantitative estimate of drug-likeness (QED) is 0.388. The summed E-state index contributed by atoms with van der Waals surface area (Å²) in [7, 11) is 3.81. The fourth-order valence-electron chi connectivity index (χ4n) is 4.04. The molecule has 1 aliphatic heterocycles. The highest BCUT2D eigenvalue weighted by molar-refractivity contribution is 6.46. The van der Waals surface area contributed by atoms with Crippen molar-refractivity contribution in [2.24, 2.45) is 0 Å². The zero-order valence-electron chi connectivity index (χ0n) is 18.0. The third kappa shape index (κ3) is 3.48. The third-order valence-electron chi connectivity index (χ3n) is 5.59. The number of likely N-dealkylation sites (N-methyl/N-ethyl adjacent to an activating group) is 1. The molecule has 0 saturated carbocycles. The van der Waals surface area contributed by atoms with Gasteiger partial charge in [-0.15, -0.1) is 0 Å². The first-order valence-corrected chi connectivity index (χ1v) is 10.1. The fraction of sp³-hybridized carbons (Fsp3) is 0.304. The van der Waals surface area contributed by atoms with E-state index in [2.05, 4.69) is 9.97 Å². The molecule has 31 heavy (non-hydrogen) atoms. The highest BCUT2D eigenvalue weighted by atomic mass is 16.3. The second kappa shape index (κ2) is 7.96. The molecule has 0 aliphatic carbocycles. The van der Waals surface area contributed by atoms with E-state index in [1.165, 1.54) is 4.90 Å². The lowest BCUT2D eigenvalue weighted by Crippen LogP contribution is -2.35. The SMILES string of the molecule is Cc1nc2c(C)cccn2c1/C(O)=C1\C(=O)C(=O)N(CCN(C)C)[C@@H]1c1ccncc1. The van der Waals surface area contributed by atoms with Gasteiger partial charge in [-0.25, -0.2) is 4.98 Å². The fourth-order valence-corrected chi connectivity index (χ4v) is 4.04. The molecule has 1 N–H and O–H groups in total. The van der Waals surface area contributed by atoms with Crippen molar-refractivity contribution in [2.75, 3.05) is 27.2 Å². The van der Waals surface area contributed by atoms with Crippen LogP contribution in [0.25, 0.3) is 11.4 Å². The second-order valence-electron chi connectivity index (χ2n) is 8.01. The Balaban J connectivity index is 1.94. The Morgan fingerprint density at radius 2 is 1.87 bits per heavy atom. The van der Waals surface area contributed by atoms with Crippen molar-refractivity contribution < 1.29 is 14.7 Å². The minimum absolute atomic E-state index is 0.0707. The number of likely N-dealkylation sites (tertiary alicyclic amines) is 1. The van der Waals surface area contributed by atoms with E-state index in [4.69, 9.17) is 0 Å². The lowest BCUT2D eigenvalue weighted by atomic mass is 9.97. The van der Waals surface area contributed by atoms with E-state index in [9.17, 15) is 14.7 Å². The summed E-state index contributed by atoms with van der Waals surface area (Å²) in [5, 5.41) is 11.4. The molecule has 0 bridgehead atoms. The molecule has 1 saturated heterocycles. The predicted octanol–water partition coefficient (Wildman–Crippen LogP) is 2.33. The van der Waals surface area contributed by atoms with Gasteiger partial charge in [0.05, 0.1) is 17.3 Å². The van der Waals surface area contributed by atoms with E-state index < -0.39 is 17.7 Å². The number of rotatable bonds is 5. The highest BCUT2D eigenvalue weighted by Crippen LogP contribution is 2.39. The second-order valence-corrected chi connectivity index (χ2v) is 8.01. The summed E-state index contributed by atoms with van der Waals surface area (Å²) in [6, 6.07) is 6.62. The molecule has 4 rings (SSSR count). The van der Waals surface area contributed by atoms with Crippen LogP contribution in [0.3, 0.4) is 0 Å². The molecule has 4 heterocycles. The van der Waals surface area contributed by atoms with Gasteiger partial charge in [-0.2, -0.15) is 0 Å². The Kier molecular flexibility index (Phi) is 5.32. The number of imidazole rings is 1. The van der Waals surface area contributed by atoms with Gasteiger partial charge in [-0.1, -0.05) is 6.07 Å². The zero-order valence-corrected chi connectivity index (χ0v) is 18.0. The number of amides is 1. The predicted molar refractivity (Wildman–Crippen MR) is 116 cm³/mol. The first-order valence-electron chi connectivity index (χ1n) is 10.1. The topological polar surface area (TPSA) is 91.0 Å². The molecule has 0 aromatic carbocycles. The smallest absolute Gasteiger partial charge is 0.295 e. The van der Waals surface area contributed by atoms with E-state index in [-0.39, 0.29) is 11.3 Å². The van der Waals surface area contributed by atoms with E-state index in [1.54, 1.807) is 42.0 Å². The first-order chi connectivity index (χ1) is 14.8. The van der Waals surface area contributed by atoms with Gasteiger partial charge in [0.1, 0.15) is 11.3 Å². The Morgan fingerprint density at radius 1 is 1.16 bits per heavy atom. The number of nitrogens with zero attached hydrogens (tertiary/aromatic N) is 5. The van der Waals surface area contributed by atoms with Crippen LogP contribution < -0.4 is 0 Å². The standard InChI is InChI=1S/C23H25N5O3/c1-14-6-5-11-27-18(15(2)25-22(14)27)20(29)17-19(16-7-9-24-10-8-16)28(13-12-26(3)4)23(31)21(17)30/h5-11,19,29H,12-13H2,1-4H3/b20-17+/t19-/m1/s1. The average molecular weight is 419 g/mol. The van der Waals surface area contributed by atoms with Gasteiger partial charge in [-0.3, -0.25) is 19.0 Å². The van der Waals surface area contributed by atoms with Gasteiger partial charge >= 0.3 is 0 Å². The van der Waals surface area contributed by atoms with Crippen molar-refractivity contribution in [1.29, 1.82) is 0 Å². The summed E-state index contributed by atoms with van der Waals surface area (Å²) in [6.45, 7) is 4.66. The molecular formula is C23H25N5O3. The molecule has 1 amide bonds. The van der Waals surface area contributed by atoms with Crippen molar-refractivity contribution >= 4 is 23.1 Å². The first kappa shape index (κ1) is 20.7. The molecular weight excluding hydrogens is 394 g/mol. The van der Waals surface area contributed by atoms with Crippen LogP contribution in [-0.4, -0.2) is 68.2 Å². The minimum Gasteiger partial charge on any atom is -0.505 e. The Morgan fingerprint density at radius 3 is 2.55 bits per heavy atom. The molecule has 3 aromatic heterocycles. The van der Waals surface area contributed by atoms with Gasteiger partial charge in [0, 0.05) is 31.7 Å². The number of ketones is 1. The molecule has 160 valence electrons. The number of carbonyl (C=O) groups is 2. The number of fused-ring (bicyclic) bond motifs is 1. The van der Waals surface area contributed by atoms with Gasteiger partial charge in [0.2, 0.25) is 0 Å². The summed E-state index contributed by atoms with van der Waals surface area (Å²) in [5.74, 6) is -1.53. The summed E-state index contributed by atoms with van der Waals surface area (Å²) in [6.07, 6.45) is 5.02. The van der Waals surface area contributed by atoms with Crippen molar-refractivity contribution in [1.82, 2.24) is 24.2 Å². The number of aliphatic hydroxyl groups excluding tert-OH is 1. The number of pyridine rings is 2. The molecule has 8 heteroatoms. The number of aryl methyl sites for hydroxylation is 2. The number of aromatic nitrogens is 3. The highest BCUT2D eigenvalue weighted by Gasteiger charge is 2.46. The Hall–Kier alpha value is -3.52. The third-order valence-corrected chi connectivity index (χ3v) is 5.59. The maximum absolute atomic E-state index is 13.1. The number of Topliss-reactive ketones (excluding diaryl/α,β-unsaturated/α-hetero) is 1. The van der Waals surface area contributed by atoms with Crippen molar-refractivity contribution in [3.05, 3.63) is 70.9 Å². The van der Waals surface area contributed by atoms with Crippen LogP contribution in [0.5, 0.6) is 0 Å². The maximum Gasteiger partial charge on any atom is 0.295 e. The molecule has 1 atom stereocenters. The van der Waals surface area contributed by atoms with Crippen LogP contribution in [0.15, 0.2) is 48.4 Å². The van der Waals surface area contributed by atoms with Crippen molar-refractivity contribution in [2.45, 2.75) is 19.9 Å². The Labute approximate surface area is 180 Å². The summed E-state index contributed by atoms with van der Waals surface area (Å²) >= 11 is 0. The van der Waals surface area contributed by atoms with E-state index in [0.29, 0.717) is 30.1 Å². The molecule has 3 aromatic rings. The summed E-state index contributed by atoms with van der Waals surface area (Å²) in [5.41, 5.74) is 3.44. The number of hydrogen-bond donors (Lipinski definition) is 1. The van der Waals surface area contributed by atoms with E-state index in [1.807, 2.05) is 38.1 Å². The molecule has 1 fully saturated rings. The zero-order chi connectivity index (χ0) is 22.3.